The van der Waals surface area contributed by atoms with E-state index in [1.807, 2.05) is 62.4 Å². The summed E-state index contributed by atoms with van der Waals surface area (Å²) in [5.41, 5.74) is 4.33. The van der Waals surface area contributed by atoms with Gasteiger partial charge in [0.25, 0.3) is 0 Å². The number of carbonyl (C=O) groups is 2. The van der Waals surface area contributed by atoms with Gasteiger partial charge >= 0.3 is 11.9 Å². The average Bonchev–Trinajstić information content (AvgIpc) is 3.03. The van der Waals surface area contributed by atoms with Crippen molar-refractivity contribution >= 4 is 17.5 Å². The van der Waals surface area contributed by atoms with Gasteiger partial charge in [-0.3, -0.25) is 0 Å². The van der Waals surface area contributed by atoms with Crippen molar-refractivity contribution in [1.29, 1.82) is 0 Å². The Morgan fingerprint density at radius 2 is 1.07 bits per heavy atom. The van der Waals surface area contributed by atoms with Crippen LogP contribution in [0.15, 0.2) is 54.1 Å². The van der Waals surface area contributed by atoms with E-state index in [0.717, 1.165) is 47.9 Å². The molecule has 3 rings (SSSR count). The smallest absolute Gasteiger partial charge is 0.346 e. The fourth-order valence-corrected chi connectivity index (χ4v) is 3.34. The monoisotopic (exact) mass is 378 g/mol. The number of fused-ring (bicyclic) bond motifs is 3. The third-order valence-corrected chi connectivity index (χ3v) is 4.80. The van der Waals surface area contributed by atoms with Gasteiger partial charge in [-0.25, -0.2) is 9.59 Å². The topological polar surface area (TPSA) is 52.6 Å². The highest BCUT2D eigenvalue weighted by Crippen LogP contribution is 2.45. The summed E-state index contributed by atoms with van der Waals surface area (Å²) in [7, 11) is 0. The van der Waals surface area contributed by atoms with Gasteiger partial charge in [-0.1, -0.05) is 75.2 Å². The van der Waals surface area contributed by atoms with Gasteiger partial charge in [-0.05, 0) is 35.1 Å². The van der Waals surface area contributed by atoms with E-state index >= 15 is 0 Å². The van der Waals surface area contributed by atoms with Crippen LogP contribution in [0.25, 0.3) is 16.7 Å². The maximum atomic E-state index is 12.9. The van der Waals surface area contributed by atoms with E-state index in [9.17, 15) is 9.59 Å². The third-order valence-electron chi connectivity index (χ3n) is 4.80. The largest absolute Gasteiger partial charge is 0.462 e. The summed E-state index contributed by atoms with van der Waals surface area (Å²) in [5, 5.41) is 0. The van der Waals surface area contributed by atoms with E-state index in [1.165, 1.54) is 0 Å². The lowest BCUT2D eigenvalue weighted by atomic mass is 9.98. The molecule has 0 aromatic heterocycles. The first kappa shape index (κ1) is 19.9. The molecule has 0 unspecified atom stereocenters. The quantitative estimate of drug-likeness (QED) is 0.179. The molecule has 0 saturated heterocycles. The molecule has 0 N–H and O–H groups in total. The molecular formula is C24H26O4. The van der Waals surface area contributed by atoms with Gasteiger partial charge < -0.3 is 9.47 Å². The minimum Gasteiger partial charge on any atom is -0.462 e. The standard InChI is InChI=1S/C24H26O4/c1-3-5-15-27-23(25)22(24(26)28-16-6-4-2)21-19-13-9-7-11-17(19)18-12-8-10-14-20(18)21/h7-14H,3-6,15-16H2,1-2H3. The molecule has 1 aliphatic carbocycles. The molecule has 4 nitrogen and oxygen atoms in total. The number of benzene rings is 2. The van der Waals surface area contributed by atoms with Crippen LogP contribution >= 0.6 is 0 Å². The van der Waals surface area contributed by atoms with Crippen LogP contribution in [0.1, 0.15) is 50.7 Å². The first-order valence-electron chi connectivity index (χ1n) is 9.96. The van der Waals surface area contributed by atoms with E-state index in [0.29, 0.717) is 5.57 Å². The molecule has 1 aliphatic rings. The number of hydrogen-bond donors (Lipinski definition) is 0. The maximum Gasteiger partial charge on any atom is 0.346 e. The molecule has 0 aliphatic heterocycles. The van der Waals surface area contributed by atoms with Crippen molar-refractivity contribution in [2.45, 2.75) is 39.5 Å². The van der Waals surface area contributed by atoms with Gasteiger partial charge in [-0.15, -0.1) is 0 Å². The minimum atomic E-state index is -0.614. The molecule has 2 aromatic carbocycles. The van der Waals surface area contributed by atoms with E-state index < -0.39 is 11.9 Å². The Morgan fingerprint density at radius 1 is 0.679 bits per heavy atom. The molecule has 2 aromatic rings. The summed E-state index contributed by atoms with van der Waals surface area (Å²) in [6.07, 6.45) is 3.33. The van der Waals surface area contributed by atoms with Crippen LogP contribution in [0, 0.1) is 0 Å². The first-order chi connectivity index (χ1) is 13.7. The van der Waals surface area contributed by atoms with Gasteiger partial charge in [0.2, 0.25) is 0 Å². The van der Waals surface area contributed by atoms with Gasteiger partial charge in [0.1, 0.15) is 0 Å². The second kappa shape index (κ2) is 9.36. The molecule has 146 valence electrons. The van der Waals surface area contributed by atoms with Crippen LogP contribution in [-0.2, 0) is 19.1 Å². The lowest BCUT2D eigenvalue weighted by Crippen LogP contribution is -2.21. The second-order valence-electron chi connectivity index (χ2n) is 6.82. The zero-order valence-corrected chi connectivity index (χ0v) is 16.5. The van der Waals surface area contributed by atoms with Gasteiger partial charge in [-0.2, -0.15) is 0 Å². The fraction of sp³-hybridized carbons (Fsp3) is 0.333. The SMILES string of the molecule is CCCCOC(=O)C(C(=O)OCCCC)=C1c2ccccc2-c2ccccc21. The molecule has 0 bridgehead atoms. The Bertz CT molecular complexity index is 823. The number of rotatable bonds is 8. The molecule has 0 heterocycles. The normalized spacial score (nSPS) is 11.6. The Balaban J connectivity index is 2.10. The van der Waals surface area contributed by atoms with Crippen molar-refractivity contribution in [2.75, 3.05) is 13.2 Å². The van der Waals surface area contributed by atoms with Crippen molar-refractivity contribution in [2.24, 2.45) is 0 Å². The molecule has 0 amide bonds. The fourth-order valence-electron chi connectivity index (χ4n) is 3.34. The summed E-state index contributed by atoms with van der Waals surface area (Å²) in [6.45, 7) is 4.63. The van der Waals surface area contributed by atoms with Crippen molar-refractivity contribution in [3.05, 3.63) is 65.2 Å². The Labute approximate surface area is 166 Å². The van der Waals surface area contributed by atoms with Crippen molar-refractivity contribution in [3.8, 4) is 11.1 Å². The molecule has 4 heteroatoms. The molecule has 0 fully saturated rings. The van der Waals surface area contributed by atoms with Crippen LogP contribution in [0.4, 0.5) is 0 Å². The highest BCUT2D eigenvalue weighted by Gasteiger charge is 2.33. The predicted molar refractivity (Wildman–Crippen MR) is 110 cm³/mol. The average molecular weight is 378 g/mol. The van der Waals surface area contributed by atoms with Crippen LogP contribution in [0.5, 0.6) is 0 Å². The molecule has 28 heavy (non-hydrogen) atoms. The van der Waals surface area contributed by atoms with Crippen LogP contribution in [-0.4, -0.2) is 25.2 Å². The summed E-state index contributed by atoms with van der Waals surface area (Å²) in [6, 6.07) is 15.6. The number of ether oxygens (including phenoxy) is 2. The highest BCUT2D eigenvalue weighted by atomic mass is 16.6. The van der Waals surface area contributed by atoms with Crippen LogP contribution < -0.4 is 0 Å². The highest BCUT2D eigenvalue weighted by molar-refractivity contribution is 6.24. The van der Waals surface area contributed by atoms with Gasteiger partial charge in [0.15, 0.2) is 5.57 Å². The summed E-state index contributed by atoms with van der Waals surface area (Å²) in [5.74, 6) is -1.23. The molecule has 0 atom stereocenters. The predicted octanol–water partition coefficient (Wildman–Crippen LogP) is 5.16. The number of carbonyl (C=O) groups excluding carboxylic acids is 2. The second-order valence-corrected chi connectivity index (χ2v) is 6.82. The Kier molecular flexibility index (Phi) is 6.64. The first-order valence-corrected chi connectivity index (χ1v) is 9.96. The molecular weight excluding hydrogens is 352 g/mol. The third kappa shape index (κ3) is 4.01. The zero-order valence-electron chi connectivity index (χ0n) is 16.5. The van der Waals surface area contributed by atoms with Crippen LogP contribution in [0.3, 0.4) is 0 Å². The van der Waals surface area contributed by atoms with Crippen LogP contribution in [0.2, 0.25) is 0 Å². The zero-order chi connectivity index (χ0) is 19.9. The summed E-state index contributed by atoms with van der Waals surface area (Å²) >= 11 is 0. The lowest BCUT2D eigenvalue weighted by molar-refractivity contribution is -0.147. The maximum absolute atomic E-state index is 12.9. The van der Waals surface area contributed by atoms with Gasteiger partial charge in [0, 0.05) is 5.57 Å². The Hall–Kier alpha value is -2.88. The number of unbranched alkanes of at least 4 members (excludes halogenated alkanes) is 2. The molecule has 0 spiro atoms. The van der Waals surface area contributed by atoms with Crippen molar-refractivity contribution in [3.63, 3.8) is 0 Å². The van der Waals surface area contributed by atoms with Crippen molar-refractivity contribution < 1.29 is 19.1 Å². The number of esters is 2. The summed E-state index contributed by atoms with van der Waals surface area (Å²) in [4.78, 5) is 25.8. The molecule has 0 saturated carbocycles. The van der Waals surface area contributed by atoms with Crippen molar-refractivity contribution in [1.82, 2.24) is 0 Å². The molecule has 0 radical (unpaired) electrons. The van der Waals surface area contributed by atoms with E-state index in [2.05, 4.69) is 0 Å². The van der Waals surface area contributed by atoms with Gasteiger partial charge in [0.05, 0.1) is 13.2 Å². The van der Waals surface area contributed by atoms with E-state index in [4.69, 9.17) is 9.47 Å². The minimum absolute atomic E-state index is 0.00962. The summed E-state index contributed by atoms with van der Waals surface area (Å²) < 4.78 is 10.8. The lowest BCUT2D eigenvalue weighted by Gasteiger charge is -2.13. The van der Waals surface area contributed by atoms with E-state index in [1.54, 1.807) is 0 Å². The van der Waals surface area contributed by atoms with E-state index in [-0.39, 0.29) is 18.8 Å². The Morgan fingerprint density at radius 3 is 1.46 bits per heavy atom. The number of hydrogen-bond acceptors (Lipinski definition) is 4.